The highest BCUT2D eigenvalue weighted by molar-refractivity contribution is 7.99. The summed E-state index contributed by atoms with van der Waals surface area (Å²) < 4.78 is 12.1. The molecule has 2 heterocycles. The van der Waals surface area contributed by atoms with E-state index in [9.17, 15) is 4.79 Å². The topological polar surface area (TPSA) is 66.2 Å². The van der Waals surface area contributed by atoms with Gasteiger partial charge >= 0.3 is 0 Å². The predicted molar refractivity (Wildman–Crippen MR) is 104 cm³/mol. The Morgan fingerprint density at radius 1 is 1.07 bits per heavy atom. The fourth-order valence-corrected chi connectivity index (χ4v) is 4.16. The zero-order valence-corrected chi connectivity index (χ0v) is 16.1. The molecule has 4 rings (SSSR count). The molecule has 6 nitrogen and oxygen atoms in total. The number of aryl methyl sites for hydroxylation is 1. The lowest BCUT2D eigenvalue weighted by atomic mass is 10.1. The number of carbonyl (C=O) groups is 1. The van der Waals surface area contributed by atoms with Gasteiger partial charge in [-0.2, -0.15) is 4.68 Å². The maximum Gasteiger partial charge on any atom is 0.250 e. The third-order valence-corrected chi connectivity index (χ3v) is 5.71. The molecular weight excluding hydrogens is 362 g/mol. The van der Waals surface area contributed by atoms with Crippen LogP contribution in [0.15, 0.2) is 47.6 Å². The second kappa shape index (κ2) is 7.08. The highest BCUT2D eigenvalue weighted by atomic mass is 32.2. The van der Waals surface area contributed by atoms with Gasteiger partial charge in [-0.15, -0.1) is 5.10 Å². The Kier molecular flexibility index (Phi) is 4.61. The summed E-state index contributed by atoms with van der Waals surface area (Å²) in [6.07, 6.45) is 0.351. The molecule has 0 aliphatic carbocycles. The summed E-state index contributed by atoms with van der Waals surface area (Å²) in [4.78, 5) is 17.2. The minimum absolute atomic E-state index is 0.0418. The van der Waals surface area contributed by atoms with Crippen LogP contribution in [0, 0.1) is 6.92 Å². The Morgan fingerprint density at radius 3 is 2.52 bits per heavy atom. The molecule has 0 N–H and O–H groups in total. The molecule has 3 aromatic rings. The van der Waals surface area contributed by atoms with E-state index in [1.165, 1.54) is 22.0 Å². The Morgan fingerprint density at radius 2 is 1.81 bits per heavy atom. The molecule has 2 aromatic carbocycles. The van der Waals surface area contributed by atoms with Crippen molar-refractivity contribution in [2.75, 3.05) is 14.2 Å². The average molecular weight is 381 g/mol. The van der Waals surface area contributed by atoms with Crippen LogP contribution in [0.5, 0.6) is 11.5 Å². The average Bonchev–Trinajstić information content (AvgIpc) is 3.12. The van der Waals surface area contributed by atoms with E-state index in [0.29, 0.717) is 28.9 Å². The molecule has 138 valence electrons. The van der Waals surface area contributed by atoms with Crippen molar-refractivity contribution >= 4 is 17.7 Å². The number of benzene rings is 2. The van der Waals surface area contributed by atoms with E-state index in [2.05, 4.69) is 10.1 Å². The molecule has 0 fully saturated rings. The first-order chi connectivity index (χ1) is 13.1. The molecule has 7 heteroatoms. The Hall–Kier alpha value is -2.80. The Balaban J connectivity index is 1.65. The van der Waals surface area contributed by atoms with Crippen LogP contribution in [0.25, 0.3) is 11.4 Å². The van der Waals surface area contributed by atoms with Gasteiger partial charge in [0.25, 0.3) is 5.91 Å². The van der Waals surface area contributed by atoms with Crippen molar-refractivity contribution in [2.45, 2.75) is 23.8 Å². The van der Waals surface area contributed by atoms with Crippen molar-refractivity contribution in [2.24, 2.45) is 0 Å². The van der Waals surface area contributed by atoms with Crippen LogP contribution in [0.1, 0.15) is 27.6 Å². The van der Waals surface area contributed by atoms with E-state index in [1.54, 1.807) is 14.2 Å². The van der Waals surface area contributed by atoms with Gasteiger partial charge in [0.2, 0.25) is 0 Å². The lowest BCUT2D eigenvalue weighted by molar-refractivity contribution is 0.0868. The van der Waals surface area contributed by atoms with Gasteiger partial charge in [0.05, 0.1) is 14.2 Å². The third-order valence-electron chi connectivity index (χ3n) is 4.51. The van der Waals surface area contributed by atoms with Gasteiger partial charge in [-0.25, -0.2) is 4.98 Å². The van der Waals surface area contributed by atoms with Gasteiger partial charge in [0.1, 0.15) is 0 Å². The third kappa shape index (κ3) is 3.30. The first-order valence-corrected chi connectivity index (χ1v) is 9.43. The monoisotopic (exact) mass is 381 g/mol. The molecule has 1 atom stereocenters. The molecule has 0 radical (unpaired) electrons. The molecule has 0 saturated carbocycles. The molecule has 1 unspecified atom stereocenters. The summed E-state index contributed by atoms with van der Waals surface area (Å²) in [7, 11) is 3.21. The molecule has 0 saturated heterocycles. The van der Waals surface area contributed by atoms with Crippen LogP contribution in [0.3, 0.4) is 0 Å². The second-order valence-electron chi connectivity index (χ2n) is 6.31. The summed E-state index contributed by atoms with van der Waals surface area (Å²) in [6, 6.07) is 13.7. The zero-order valence-electron chi connectivity index (χ0n) is 15.3. The van der Waals surface area contributed by atoms with Gasteiger partial charge in [-0.1, -0.05) is 47.7 Å². The van der Waals surface area contributed by atoms with Gasteiger partial charge in [-0.3, -0.25) is 4.79 Å². The minimum Gasteiger partial charge on any atom is -0.493 e. The van der Waals surface area contributed by atoms with Crippen LogP contribution in [-0.4, -0.2) is 34.9 Å². The van der Waals surface area contributed by atoms with E-state index in [0.717, 1.165) is 11.1 Å². The van der Waals surface area contributed by atoms with Crippen LogP contribution in [0.2, 0.25) is 0 Å². The smallest absolute Gasteiger partial charge is 0.250 e. The number of carbonyl (C=O) groups excluding carboxylic acids is 1. The number of fused-ring (bicyclic) bond motifs is 1. The van der Waals surface area contributed by atoms with Crippen molar-refractivity contribution in [3.05, 3.63) is 53.6 Å². The van der Waals surface area contributed by atoms with Crippen molar-refractivity contribution in [1.29, 1.82) is 0 Å². The standard InChI is InChI=1S/C20H19N3O3S/c1-12-4-6-13(7-5-12)19-21-20-23(22-19)18(24)11-17(27-20)14-8-9-15(25-2)16(10-14)26-3/h4-10,17H,11H2,1-3H3. The molecule has 0 bridgehead atoms. The van der Waals surface area contributed by atoms with E-state index in [-0.39, 0.29) is 11.2 Å². The normalized spacial score (nSPS) is 16.1. The number of aromatic nitrogens is 3. The van der Waals surface area contributed by atoms with Crippen molar-refractivity contribution in [3.63, 3.8) is 0 Å². The number of nitrogens with zero attached hydrogens (tertiary/aromatic N) is 3. The molecule has 1 aliphatic rings. The van der Waals surface area contributed by atoms with Gasteiger partial charge in [0.15, 0.2) is 22.5 Å². The minimum atomic E-state index is -0.0607. The van der Waals surface area contributed by atoms with E-state index in [1.807, 2.05) is 49.4 Å². The van der Waals surface area contributed by atoms with Gasteiger partial charge < -0.3 is 9.47 Å². The largest absolute Gasteiger partial charge is 0.493 e. The number of hydrogen-bond acceptors (Lipinski definition) is 6. The molecule has 1 aromatic heterocycles. The maximum absolute atomic E-state index is 12.6. The predicted octanol–water partition coefficient (Wildman–Crippen LogP) is 4.15. The van der Waals surface area contributed by atoms with Crippen LogP contribution >= 0.6 is 11.8 Å². The summed E-state index contributed by atoms with van der Waals surface area (Å²) >= 11 is 1.54. The number of methoxy groups -OCH3 is 2. The number of thioether (sulfide) groups is 1. The molecule has 1 aliphatic heterocycles. The van der Waals surface area contributed by atoms with Crippen molar-refractivity contribution < 1.29 is 14.3 Å². The fourth-order valence-electron chi connectivity index (χ4n) is 3.01. The van der Waals surface area contributed by atoms with Crippen LogP contribution < -0.4 is 9.47 Å². The van der Waals surface area contributed by atoms with Gasteiger partial charge in [-0.05, 0) is 24.6 Å². The summed E-state index contributed by atoms with van der Waals surface area (Å²) in [5.41, 5.74) is 3.07. The number of ether oxygens (including phenoxy) is 2. The molecule has 27 heavy (non-hydrogen) atoms. The summed E-state index contributed by atoms with van der Waals surface area (Å²) in [6.45, 7) is 2.03. The zero-order chi connectivity index (χ0) is 19.0. The maximum atomic E-state index is 12.6. The quantitative estimate of drug-likeness (QED) is 0.676. The number of hydrogen-bond donors (Lipinski definition) is 0. The van der Waals surface area contributed by atoms with Crippen LogP contribution in [-0.2, 0) is 0 Å². The molecular formula is C20H19N3O3S. The lowest BCUT2D eigenvalue weighted by Crippen LogP contribution is -2.21. The Bertz CT molecular complexity index is 998. The highest BCUT2D eigenvalue weighted by Crippen LogP contribution is 2.43. The molecule has 0 amide bonds. The van der Waals surface area contributed by atoms with E-state index < -0.39 is 0 Å². The summed E-state index contributed by atoms with van der Waals surface area (Å²) in [5, 5.41) is 4.98. The van der Waals surface area contributed by atoms with E-state index in [4.69, 9.17) is 9.47 Å². The first-order valence-electron chi connectivity index (χ1n) is 8.55. The molecule has 0 spiro atoms. The van der Waals surface area contributed by atoms with Crippen molar-refractivity contribution in [1.82, 2.24) is 14.8 Å². The van der Waals surface area contributed by atoms with E-state index >= 15 is 0 Å². The SMILES string of the molecule is COc1ccc(C2CC(=O)n3nc(-c4ccc(C)cc4)nc3S2)cc1OC. The first kappa shape index (κ1) is 17.6. The Labute approximate surface area is 161 Å². The fraction of sp³-hybridized carbons (Fsp3) is 0.250. The summed E-state index contributed by atoms with van der Waals surface area (Å²) in [5.74, 6) is 1.82. The highest BCUT2D eigenvalue weighted by Gasteiger charge is 2.30. The van der Waals surface area contributed by atoms with Crippen LogP contribution in [0.4, 0.5) is 0 Å². The lowest BCUT2D eigenvalue weighted by Gasteiger charge is -2.21. The second-order valence-corrected chi connectivity index (χ2v) is 7.48. The number of rotatable bonds is 4. The van der Waals surface area contributed by atoms with Crippen molar-refractivity contribution in [3.8, 4) is 22.9 Å². The van der Waals surface area contributed by atoms with Gasteiger partial charge in [0, 0.05) is 17.2 Å².